The van der Waals surface area contributed by atoms with Crippen LogP contribution in [0.15, 0.2) is 57.9 Å². The lowest BCUT2D eigenvalue weighted by Gasteiger charge is -2.30. The monoisotopic (exact) mass is 818 g/mol. The Morgan fingerprint density at radius 3 is 2.26 bits per heavy atom. The SMILES string of the molecule is COc1cc(OC)cc(-c2cc(CCCOC(=O)C(Cc3ccc(OC(C)(C)C)cc3)NC(=O)OC(C)(C)C)c(C=C3SC(=S)N(C4CC5CCC4C5)C3=O)o2)c1. The minimum atomic E-state index is -0.995. The maximum absolute atomic E-state index is 13.9. The van der Waals surface area contributed by atoms with Crippen LogP contribution in [0.1, 0.15) is 90.5 Å². The molecule has 13 heteroatoms. The number of thioether (sulfide) groups is 1. The number of esters is 1. The largest absolute Gasteiger partial charge is 0.497 e. The molecule has 2 aliphatic carbocycles. The zero-order valence-electron chi connectivity index (χ0n) is 34.1. The number of carbonyl (C=O) groups is 3. The Morgan fingerprint density at radius 2 is 1.67 bits per heavy atom. The molecule has 4 atom stereocenters. The molecular weight excluding hydrogens is 765 g/mol. The second-order valence-corrected chi connectivity index (χ2v) is 18.6. The molecule has 1 N–H and O–H groups in total. The van der Waals surface area contributed by atoms with Gasteiger partial charge in [0.25, 0.3) is 5.91 Å². The lowest BCUT2D eigenvalue weighted by atomic mass is 9.94. The number of aryl methyl sites for hydroxylation is 1. The summed E-state index contributed by atoms with van der Waals surface area (Å²) in [7, 11) is 3.17. The molecule has 57 heavy (non-hydrogen) atoms. The molecule has 2 amide bonds. The highest BCUT2D eigenvalue weighted by Crippen LogP contribution is 2.49. The average Bonchev–Trinajstić information content (AvgIpc) is 3.93. The van der Waals surface area contributed by atoms with Gasteiger partial charge in [-0.15, -0.1) is 0 Å². The van der Waals surface area contributed by atoms with Crippen LogP contribution in [-0.2, 0) is 31.9 Å². The highest BCUT2D eigenvalue weighted by molar-refractivity contribution is 8.26. The molecule has 2 bridgehead atoms. The van der Waals surface area contributed by atoms with Crippen molar-refractivity contribution < 1.29 is 42.5 Å². The van der Waals surface area contributed by atoms with E-state index in [1.54, 1.807) is 47.1 Å². The van der Waals surface area contributed by atoms with E-state index in [1.807, 2.05) is 68.1 Å². The van der Waals surface area contributed by atoms with Crippen LogP contribution in [0.2, 0.25) is 0 Å². The smallest absolute Gasteiger partial charge is 0.408 e. The van der Waals surface area contributed by atoms with Gasteiger partial charge in [0, 0.05) is 30.2 Å². The Labute approximate surface area is 345 Å². The Kier molecular flexibility index (Phi) is 13.0. The lowest BCUT2D eigenvalue weighted by molar-refractivity contribution is -0.146. The minimum Gasteiger partial charge on any atom is -0.497 e. The van der Waals surface area contributed by atoms with Gasteiger partial charge in [-0.05, 0) is 127 Å². The number of benzene rings is 2. The maximum atomic E-state index is 13.9. The van der Waals surface area contributed by atoms with Crippen molar-refractivity contribution in [2.75, 3.05) is 20.8 Å². The van der Waals surface area contributed by atoms with Gasteiger partial charge in [0.2, 0.25) is 0 Å². The van der Waals surface area contributed by atoms with Crippen molar-refractivity contribution >= 4 is 52.3 Å². The predicted molar refractivity (Wildman–Crippen MR) is 224 cm³/mol. The second-order valence-electron chi connectivity index (χ2n) is 16.9. The van der Waals surface area contributed by atoms with Gasteiger partial charge in [0.1, 0.15) is 50.3 Å². The molecule has 3 aromatic rings. The van der Waals surface area contributed by atoms with E-state index in [2.05, 4.69) is 5.32 Å². The minimum absolute atomic E-state index is 0.0724. The molecule has 306 valence electrons. The number of amides is 2. The van der Waals surface area contributed by atoms with Crippen LogP contribution in [-0.4, -0.2) is 71.3 Å². The Bertz CT molecular complexity index is 1970. The number of fused-ring (bicyclic) bond motifs is 2. The number of methoxy groups -OCH3 is 2. The molecule has 6 rings (SSSR count). The van der Waals surface area contributed by atoms with E-state index in [-0.39, 0.29) is 30.6 Å². The first-order valence-corrected chi connectivity index (χ1v) is 20.8. The van der Waals surface area contributed by atoms with Crippen molar-refractivity contribution in [2.24, 2.45) is 11.8 Å². The van der Waals surface area contributed by atoms with Crippen LogP contribution in [0, 0.1) is 11.8 Å². The molecule has 1 aliphatic heterocycles. The number of carbonyl (C=O) groups excluding carboxylic acids is 3. The standard InChI is InChI=1S/C44H54N2O9S2/c1-43(2,3)54-31-15-12-26(13-16-31)19-34(45-41(49)55-44(4,5)6)40(48)52-17-9-10-29-23-36(30-21-32(50-7)24-33(22-30)51-8)53-37(29)25-38-39(47)46(42(56)57-38)35-20-27-11-14-28(35)18-27/h12-13,15-16,21-25,27-28,34-35H,9-11,14,17-20H2,1-8H3,(H,45,49). The van der Waals surface area contributed by atoms with Crippen LogP contribution >= 0.6 is 24.0 Å². The van der Waals surface area contributed by atoms with Crippen LogP contribution in [0.5, 0.6) is 17.2 Å². The molecule has 0 spiro atoms. The lowest BCUT2D eigenvalue weighted by Crippen LogP contribution is -2.45. The number of alkyl carbamates (subject to hydrolysis) is 1. The number of thiocarbonyl (C=S) groups is 1. The van der Waals surface area contributed by atoms with Gasteiger partial charge >= 0.3 is 12.1 Å². The van der Waals surface area contributed by atoms with E-state index in [1.165, 1.54) is 24.6 Å². The topological polar surface area (TPSA) is 126 Å². The van der Waals surface area contributed by atoms with Gasteiger partial charge < -0.3 is 33.4 Å². The Morgan fingerprint density at radius 1 is 0.965 bits per heavy atom. The van der Waals surface area contributed by atoms with Crippen molar-refractivity contribution in [3.8, 4) is 28.6 Å². The molecule has 2 aromatic carbocycles. The van der Waals surface area contributed by atoms with Crippen LogP contribution < -0.4 is 19.5 Å². The third-order valence-electron chi connectivity index (χ3n) is 10.2. The summed E-state index contributed by atoms with van der Waals surface area (Å²) in [5, 5.41) is 2.70. The molecule has 1 saturated heterocycles. The third kappa shape index (κ3) is 10.9. The zero-order valence-corrected chi connectivity index (χ0v) is 35.7. The number of hydrogen-bond acceptors (Lipinski definition) is 11. The fourth-order valence-corrected chi connectivity index (χ4v) is 9.07. The maximum Gasteiger partial charge on any atom is 0.408 e. The normalized spacial score (nSPS) is 20.5. The summed E-state index contributed by atoms with van der Waals surface area (Å²) in [5.41, 5.74) is 1.26. The van der Waals surface area contributed by atoms with Crippen molar-refractivity contribution in [3.63, 3.8) is 0 Å². The molecule has 2 heterocycles. The van der Waals surface area contributed by atoms with Crippen molar-refractivity contribution in [1.29, 1.82) is 0 Å². The summed E-state index contributed by atoms with van der Waals surface area (Å²) in [4.78, 5) is 42.6. The van der Waals surface area contributed by atoms with Crippen LogP contribution in [0.4, 0.5) is 4.79 Å². The first kappa shape index (κ1) is 42.1. The van der Waals surface area contributed by atoms with E-state index >= 15 is 0 Å². The van der Waals surface area contributed by atoms with Gasteiger partial charge in [-0.1, -0.05) is 42.5 Å². The molecule has 11 nitrogen and oxygen atoms in total. The van der Waals surface area contributed by atoms with Crippen LogP contribution in [0.3, 0.4) is 0 Å². The van der Waals surface area contributed by atoms with Gasteiger partial charge in [-0.3, -0.25) is 9.69 Å². The summed E-state index contributed by atoms with van der Waals surface area (Å²) < 4.78 is 35.3. The van der Waals surface area contributed by atoms with Crippen LogP contribution in [0.25, 0.3) is 17.4 Å². The first-order valence-electron chi connectivity index (χ1n) is 19.6. The highest BCUT2D eigenvalue weighted by atomic mass is 32.2. The van der Waals surface area contributed by atoms with Crippen molar-refractivity contribution in [3.05, 3.63) is 70.3 Å². The number of rotatable bonds is 14. The molecular formula is C44H54N2O9S2. The molecule has 1 aromatic heterocycles. The molecule has 2 saturated carbocycles. The Hall–Kier alpha value is -4.49. The first-order chi connectivity index (χ1) is 27.0. The predicted octanol–water partition coefficient (Wildman–Crippen LogP) is 9.14. The van der Waals surface area contributed by atoms with E-state index in [0.717, 1.165) is 29.5 Å². The fraction of sp³-hybridized carbons (Fsp3) is 0.500. The summed E-state index contributed by atoms with van der Waals surface area (Å²) in [5.74, 6) is 3.50. The van der Waals surface area contributed by atoms with E-state index in [0.29, 0.717) is 62.7 Å². The zero-order chi connectivity index (χ0) is 41.1. The van der Waals surface area contributed by atoms with Gasteiger partial charge in [0.15, 0.2) is 0 Å². The third-order valence-corrected chi connectivity index (χ3v) is 11.5. The number of nitrogens with zero attached hydrogens (tertiary/aromatic N) is 1. The van der Waals surface area contributed by atoms with Crippen molar-refractivity contribution in [1.82, 2.24) is 10.2 Å². The Balaban J connectivity index is 1.18. The number of furan rings is 1. The summed E-state index contributed by atoms with van der Waals surface area (Å²) in [6.45, 7) is 11.3. The summed E-state index contributed by atoms with van der Waals surface area (Å²) >= 11 is 7.07. The highest BCUT2D eigenvalue weighted by Gasteiger charge is 2.48. The summed E-state index contributed by atoms with van der Waals surface area (Å²) in [6.07, 6.45) is 6.71. The molecule has 3 aliphatic rings. The number of nitrogens with one attached hydrogen (secondary N) is 1. The van der Waals surface area contributed by atoms with Gasteiger partial charge in [-0.25, -0.2) is 9.59 Å². The fourth-order valence-electron chi connectivity index (χ4n) is 7.73. The number of ether oxygens (including phenoxy) is 5. The van der Waals surface area contributed by atoms with Gasteiger partial charge in [-0.2, -0.15) is 0 Å². The molecule has 3 fully saturated rings. The number of hydrogen-bond donors (Lipinski definition) is 1. The second kappa shape index (κ2) is 17.6. The molecule has 0 radical (unpaired) electrons. The summed E-state index contributed by atoms with van der Waals surface area (Å²) in [6, 6.07) is 14.0. The van der Waals surface area contributed by atoms with E-state index < -0.39 is 23.7 Å². The molecule has 4 unspecified atom stereocenters. The van der Waals surface area contributed by atoms with Crippen molar-refractivity contribution in [2.45, 2.75) is 110 Å². The average molecular weight is 819 g/mol. The van der Waals surface area contributed by atoms with E-state index in [4.69, 9.17) is 40.3 Å². The van der Waals surface area contributed by atoms with Gasteiger partial charge in [0.05, 0.1) is 25.7 Å². The quantitative estimate of drug-likeness (QED) is 0.0725. The van der Waals surface area contributed by atoms with E-state index in [9.17, 15) is 14.4 Å².